The standard InChI is InChI=1S/C41H51BN6O8S/c43-31(23-27-12-16-29(49)17-13-27)39(53)46-20-4-9-34(46)37(51)44-32(24-28-14-18-30(50)19-15-28)40(54)47-21-5-10-35(47)38(52)45-33(25-26-7-2-1-3-8-26)41(57)48-22-6-11-36(48)42(55)56/h1-3,7-8,12-19,31-36,49-50,55-56H,4-6,9-11,20-25,43H2,(H,44,51)(H,45,52)/t31-,32-,33-,34-,35-,36-/m0/s1. The number of carbonyl (C=O) groups excluding carboxylic acids is 4. The molecule has 3 aliphatic rings. The molecule has 4 amide bonds. The van der Waals surface area contributed by atoms with Crippen molar-refractivity contribution in [1.29, 1.82) is 0 Å². The molecule has 3 aromatic rings. The van der Waals surface area contributed by atoms with Crippen molar-refractivity contribution < 1.29 is 39.4 Å². The second-order valence-corrected chi connectivity index (χ2v) is 15.6. The molecule has 0 bridgehead atoms. The van der Waals surface area contributed by atoms with Gasteiger partial charge in [0.1, 0.15) is 34.6 Å². The lowest BCUT2D eigenvalue weighted by atomic mass is 9.77. The molecule has 3 aliphatic heterocycles. The highest BCUT2D eigenvalue weighted by molar-refractivity contribution is 7.80. The molecule has 3 aromatic carbocycles. The van der Waals surface area contributed by atoms with Crippen LogP contribution in [0, 0.1) is 0 Å². The number of nitrogens with zero attached hydrogens (tertiary/aromatic N) is 3. The number of carbonyl (C=O) groups is 4. The summed E-state index contributed by atoms with van der Waals surface area (Å²) in [5, 5.41) is 45.7. The average molecular weight is 799 g/mol. The van der Waals surface area contributed by atoms with Gasteiger partial charge in [0.25, 0.3) is 0 Å². The van der Waals surface area contributed by atoms with Gasteiger partial charge < -0.3 is 51.3 Å². The molecule has 0 saturated carbocycles. The van der Waals surface area contributed by atoms with Crippen molar-refractivity contribution in [3.05, 3.63) is 95.6 Å². The van der Waals surface area contributed by atoms with Gasteiger partial charge in [0.2, 0.25) is 23.6 Å². The Labute approximate surface area is 338 Å². The molecule has 6 atom stereocenters. The van der Waals surface area contributed by atoms with E-state index in [-0.39, 0.29) is 30.9 Å². The van der Waals surface area contributed by atoms with Gasteiger partial charge in [-0.05, 0) is 92.3 Å². The summed E-state index contributed by atoms with van der Waals surface area (Å²) in [5.74, 6) is -2.22. The minimum absolute atomic E-state index is 0.0439. The van der Waals surface area contributed by atoms with Crippen LogP contribution < -0.4 is 16.4 Å². The van der Waals surface area contributed by atoms with Crippen LogP contribution in [-0.4, -0.2) is 126 Å². The van der Waals surface area contributed by atoms with Gasteiger partial charge in [-0.3, -0.25) is 19.2 Å². The molecule has 0 radical (unpaired) electrons. The number of aromatic hydroxyl groups is 2. The fourth-order valence-electron chi connectivity index (χ4n) is 8.22. The number of nitrogens with two attached hydrogens (primary N) is 1. The molecule has 302 valence electrons. The Morgan fingerprint density at radius 2 is 1.11 bits per heavy atom. The summed E-state index contributed by atoms with van der Waals surface area (Å²) in [6.07, 6.45) is 3.77. The maximum Gasteiger partial charge on any atom is 0.475 e. The first-order valence-corrected chi connectivity index (χ1v) is 20.0. The number of phenolic OH excluding ortho intramolecular Hbond substituents is 2. The Bertz CT molecular complexity index is 1890. The van der Waals surface area contributed by atoms with Gasteiger partial charge in [0.05, 0.1) is 18.0 Å². The second-order valence-electron chi connectivity index (χ2n) is 15.2. The van der Waals surface area contributed by atoms with E-state index < -0.39 is 66.9 Å². The van der Waals surface area contributed by atoms with Crippen LogP contribution in [0.2, 0.25) is 0 Å². The smallest absolute Gasteiger partial charge is 0.475 e. The largest absolute Gasteiger partial charge is 0.508 e. The first kappa shape index (κ1) is 41.6. The summed E-state index contributed by atoms with van der Waals surface area (Å²) >= 11 is 5.91. The molecule has 0 aromatic heterocycles. The van der Waals surface area contributed by atoms with E-state index in [4.69, 9.17) is 18.0 Å². The number of hydrogen-bond acceptors (Lipinski definition) is 10. The van der Waals surface area contributed by atoms with Crippen LogP contribution in [0.25, 0.3) is 0 Å². The zero-order chi connectivity index (χ0) is 40.6. The van der Waals surface area contributed by atoms with Crippen LogP contribution in [0.3, 0.4) is 0 Å². The summed E-state index contributed by atoms with van der Waals surface area (Å²) in [4.78, 5) is 61.5. The van der Waals surface area contributed by atoms with Crippen molar-refractivity contribution in [2.24, 2.45) is 5.73 Å². The first-order chi connectivity index (χ1) is 27.4. The maximum atomic E-state index is 14.5. The van der Waals surface area contributed by atoms with Gasteiger partial charge >= 0.3 is 7.12 Å². The predicted octanol–water partition coefficient (Wildman–Crippen LogP) is 1.21. The number of amides is 4. The van der Waals surface area contributed by atoms with Crippen molar-refractivity contribution in [3.8, 4) is 11.5 Å². The van der Waals surface area contributed by atoms with Gasteiger partial charge in [-0.25, -0.2) is 0 Å². The van der Waals surface area contributed by atoms with Crippen LogP contribution in [0.1, 0.15) is 55.2 Å². The Morgan fingerprint density at radius 1 is 0.649 bits per heavy atom. The summed E-state index contributed by atoms with van der Waals surface area (Å²) in [7, 11) is -1.60. The van der Waals surface area contributed by atoms with Crippen LogP contribution in [0.15, 0.2) is 78.9 Å². The third kappa shape index (κ3) is 10.3. The molecule has 0 aliphatic carbocycles. The summed E-state index contributed by atoms with van der Waals surface area (Å²) in [5.41, 5.74) is 8.68. The van der Waals surface area contributed by atoms with Crippen molar-refractivity contribution >= 4 is 48.0 Å². The molecule has 16 heteroatoms. The van der Waals surface area contributed by atoms with E-state index in [2.05, 4.69) is 10.6 Å². The van der Waals surface area contributed by atoms with Crippen LogP contribution >= 0.6 is 12.2 Å². The van der Waals surface area contributed by atoms with E-state index >= 15 is 0 Å². The van der Waals surface area contributed by atoms with Gasteiger partial charge in [0.15, 0.2) is 0 Å². The first-order valence-electron chi connectivity index (χ1n) is 19.6. The molecular formula is C41H51BN6O8S. The third-order valence-electron chi connectivity index (χ3n) is 11.2. The van der Waals surface area contributed by atoms with E-state index in [1.807, 2.05) is 30.3 Å². The van der Waals surface area contributed by atoms with E-state index in [0.29, 0.717) is 68.6 Å². The highest BCUT2D eigenvalue weighted by Crippen LogP contribution is 2.25. The summed E-state index contributed by atoms with van der Waals surface area (Å²) in [6, 6.07) is 17.8. The van der Waals surface area contributed by atoms with Gasteiger partial charge in [-0.2, -0.15) is 0 Å². The molecule has 0 unspecified atom stereocenters. The third-order valence-corrected chi connectivity index (χ3v) is 11.7. The van der Waals surface area contributed by atoms with E-state index in [1.54, 1.807) is 29.2 Å². The number of nitrogens with one attached hydrogen (secondary N) is 2. The van der Waals surface area contributed by atoms with E-state index in [1.165, 1.54) is 34.1 Å². The fraction of sp³-hybridized carbons (Fsp3) is 0.439. The normalized spacial score (nSPS) is 20.8. The maximum absolute atomic E-state index is 14.5. The number of phenols is 2. The molecule has 3 fully saturated rings. The number of likely N-dealkylation sites (tertiary alicyclic amines) is 3. The monoisotopic (exact) mass is 798 g/mol. The second kappa shape index (κ2) is 18.9. The SMILES string of the molecule is N[C@@H](Cc1ccc(O)cc1)C(=O)N1CCC[C@H]1C(=O)N[C@@H](Cc1ccc(O)cc1)C(=O)N1CCC[C@H]1C(=O)N[C@@H](Cc1ccccc1)C(=S)N1CCC[C@H]1B(O)O. The van der Waals surface area contributed by atoms with Crippen LogP contribution in [0.4, 0.5) is 0 Å². The Morgan fingerprint density at radius 3 is 1.67 bits per heavy atom. The lowest BCUT2D eigenvalue weighted by Crippen LogP contribution is -2.59. The Kier molecular flexibility index (Phi) is 13.8. The fourth-order valence-corrected chi connectivity index (χ4v) is 8.59. The highest BCUT2D eigenvalue weighted by Gasteiger charge is 2.43. The minimum Gasteiger partial charge on any atom is -0.508 e. The number of hydrogen-bond donors (Lipinski definition) is 7. The van der Waals surface area contributed by atoms with Gasteiger partial charge in [-0.1, -0.05) is 66.8 Å². The lowest BCUT2D eigenvalue weighted by Gasteiger charge is -2.34. The molecule has 3 heterocycles. The molecular weight excluding hydrogens is 747 g/mol. The molecule has 3 saturated heterocycles. The topological polar surface area (TPSA) is 209 Å². The van der Waals surface area contributed by atoms with Gasteiger partial charge in [-0.15, -0.1) is 0 Å². The Balaban J connectivity index is 1.19. The minimum atomic E-state index is -1.60. The zero-order valence-electron chi connectivity index (χ0n) is 31.8. The Hall–Kier alpha value is -5.03. The van der Waals surface area contributed by atoms with Gasteiger partial charge in [0, 0.05) is 26.1 Å². The van der Waals surface area contributed by atoms with Crippen LogP contribution in [-0.2, 0) is 38.4 Å². The average Bonchev–Trinajstić information content (AvgIpc) is 4.01. The van der Waals surface area contributed by atoms with E-state index in [0.717, 1.165) is 11.1 Å². The quantitative estimate of drug-likeness (QED) is 0.0911. The summed E-state index contributed by atoms with van der Waals surface area (Å²) in [6.45, 7) is 1.12. The van der Waals surface area contributed by atoms with Crippen LogP contribution in [0.5, 0.6) is 11.5 Å². The van der Waals surface area contributed by atoms with E-state index in [9.17, 15) is 39.4 Å². The number of rotatable bonds is 14. The van der Waals surface area contributed by atoms with Crippen molar-refractivity contribution in [3.63, 3.8) is 0 Å². The molecule has 6 rings (SSSR count). The molecule has 8 N–H and O–H groups in total. The lowest BCUT2D eigenvalue weighted by molar-refractivity contribution is -0.143. The van der Waals surface area contributed by atoms with Crippen molar-refractivity contribution in [2.45, 2.75) is 93.9 Å². The summed E-state index contributed by atoms with van der Waals surface area (Å²) < 4.78 is 0. The molecule has 14 nitrogen and oxygen atoms in total. The predicted molar refractivity (Wildman–Crippen MR) is 218 cm³/mol. The highest BCUT2D eigenvalue weighted by atomic mass is 32.1. The number of benzene rings is 3. The zero-order valence-corrected chi connectivity index (χ0v) is 32.6. The molecule has 0 spiro atoms. The number of thiocarbonyl (C=S) groups is 1. The van der Waals surface area contributed by atoms with Crippen molar-refractivity contribution in [1.82, 2.24) is 25.3 Å². The molecule has 57 heavy (non-hydrogen) atoms. The van der Waals surface area contributed by atoms with Crippen molar-refractivity contribution in [2.75, 3.05) is 19.6 Å².